The van der Waals surface area contributed by atoms with E-state index in [9.17, 15) is 18.4 Å². The molecule has 1 heterocycles. The van der Waals surface area contributed by atoms with Crippen LogP contribution in [0.2, 0.25) is 0 Å². The maximum Gasteiger partial charge on any atom is 0.341 e. The van der Waals surface area contributed by atoms with Crippen molar-refractivity contribution in [3.8, 4) is 0 Å². The molecule has 2 aromatic carbocycles. The number of rotatable bonds is 6. The van der Waals surface area contributed by atoms with Gasteiger partial charge < -0.3 is 10.1 Å². The summed E-state index contributed by atoms with van der Waals surface area (Å²) in [6.07, 6.45) is 0.521. The van der Waals surface area contributed by atoms with Crippen LogP contribution in [0.1, 0.15) is 17.3 Å². The van der Waals surface area contributed by atoms with Crippen molar-refractivity contribution in [1.82, 2.24) is 4.98 Å². The van der Waals surface area contributed by atoms with Gasteiger partial charge in [0.15, 0.2) is 6.10 Å². The number of para-hydroxylation sites is 1. The van der Waals surface area contributed by atoms with Crippen molar-refractivity contribution in [2.24, 2.45) is 0 Å². The van der Waals surface area contributed by atoms with Gasteiger partial charge in [0, 0.05) is 22.2 Å². The van der Waals surface area contributed by atoms with E-state index in [1.165, 1.54) is 31.2 Å². The van der Waals surface area contributed by atoms with Crippen molar-refractivity contribution in [2.45, 2.75) is 23.7 Å². The molecule has 1 atom stereocenters. The number of ether oxygens (including phenoxy) is 1. The lowest BCUT2D eigenvalue weighted by atomic mass is 10.1. The molecule has 0 spiro atoms. The first-order valence-corrected chi connectivity index (χ1v) is 9.22. The molecule has 0 bridgehead atoms. The summed E-state index contributed by atoms with van der Waals surface area (Å²) >= 11 is 0.418. The predicted octanol–water partition coefficient (Wildman–Crippen LogP) is 4.73. The molecule has 5 nitrogen and oxygen atoms in total. The fourth-order valence-electron chi connectivity index (χ4n) is 2.51. The number of pyridine rings is 1. The normalized spacial score (nSPS) is 12.0. The number of esters is 1. The lowest BCUT2D eigenvalue weighted by molar-refractivity contribution is -0.123. The molecule has 3 rings (SSSR count). The minimum Gasteiger partial charge on any atom is -0.449 e. The SMILES string of the molecule is C[C@H](OC(=O)c1cccc2cccnc12)C(=O)Nc1ccc(SC(F)F)cc1. The first-order valence-electron chi connectivity index (χ1n) is 8.34. The van der Waals surface area contributed by atoms with Crippen LogP contribution in [-0.2, 0) is 9.53 Å². The highest BCUT2D eigenvalue weighted by Gasteiger charge is 2.21. The standard InChI is InChI=1S/C20H16F2N2O3S/c1-12(18(25)24-14-7-9-15(10-8-14)28-20(21)22)27-19(26)16-6-2-4-13-5-3-11-23-17(13)16/h2-12,20H,1H3,(H,24,25)/t12-/m0/s1. The average molecular weight is 402 g/mol. The van der Waals surface area contributed by atoms with E-state index in [0.717, 1.165) is 5.39 Å². The monoisotopic (exact) mass is 402 g/mol. The fourth-order valence-corrected chi connectivity index (χ4v) is 3.01. The summed E-state index contributed by atoms with van der Waals surface area (Å²) < 4.78 is 29.9. The van der Waals surface area contributed by atoms with E-state index in [2.05, 4.69) is 10.3 Å². The topological polar surface area (TPSA) is 68.3 Å². The molecule has 0 aliphatic heterocycles. The van der Waals surface area contributed by atoms with E-state index < -0.39 is 23.7 Å². The summed E-state index contributed by atoms with van der Waals surface area (Å²) in [7, 11) is 0. The van der Waals surface area contributed by atoms with Crippen LogP contribution in [0.3, 0.4) is 0 Å². The van der Waals surface area contributed by atoms with Gasteiger partial charge in [-0.2, -0.15) is 8.78 Å². The smallest absolute Gasteiger partial charge is 0.341 e. The van der Waals surface area contributed by atoms with Crippen molar-refractivity contribution in [2.75, 3.05) is 5.32 Å². The molecule has 0 saturated carbocycles. The summed E-state index contributed by atoms with van der Waals surface area (Å²) in [6.45, 7) is 1.45. The van der Waals surface area contributed by atoms with Gasteiger partial charge in [0.05, 0.1) is 11.1 Å². The number of anilines is 1. The van der Waals surface area contributed by atoms with Gasteiger partial charge in [0.2, 0.25) is 0 Å². The van der Waals surface area contributed by atoms with Crippen molar-refractivity contribution >= 4 is 40.2 Å². The van der Waals surface area contributed by atoms with Crippen LogP contribution < -0.4 is 5.32 Å². The Balaban J connectivity index is 1.64. The van der Waals surface area contributed by atoms with Crippen molar-refractivity contribution in [1.29, 1.82) is 0 Å². The Labute approximate surface area is 164 Å². The maximum atomic E-state index is 12.5. The molecule has 0 saturated heterocycles. The Bertz CT molecular complexity index is 991. The number of thioether (sulfide) groups is 1. The van der Waals surface area contributed by atoms with Gasteiger partial charge >= 0.3 is 5.97 Å². The van der Waals surface area contributed by atoms with Gasteiger partial charge in [-0.05, 0) is 43.3 Å². The molecular weight excluding hydrogens is 386 g/mol. The summed E-state index contributed by atoms with van der Waals surface area (Å²) in [5.41, 5.74) is 1.18. The van der Waals surface area contributed by atoms with E-state index in [0.29, 0.717) is 27.9 Å². The van der Waals surface area contributed by atoms with Gasteiger partial charge in [0.25, 0.3) is 11.7 Å². The van der Waals surface area contributed by atoms with E-state index in [4.69, 9.17) is 4.74 Å². The Hall–Kier alpha value is -3.00. The highest BCUT2D eigenvalue weighted by Crippen LogP contribution is 2.26. The second kappa shape index (κ2) is 8.79. The van der Waals surface area contributed by atoms with Crippen molar-refractivity contribution in [3.63, 3.8) is 0 Å². The zero-order valence-corrected chi connectivity index (χ0v) is 15.6. The number of carbonyl (C=O) groups is 2. The predicted molar refractivity (Wildman–Crippen MR) is 104 cm³/mol. The molecule has 0 fully saturated rings. The number of hydrogen-bond acceptors (Lipinski definition) is 5. The van der Waals surface area contributed by atoms with E-state index >= 15 is 0 Å². The number of benzene rings is 2. The molecule has 0 radical (unpaired) electrons. The molecule has 0 unspecified atom stereocenters. The number of halogens is 2. The summed E-state index contributed by atoms with van der Waals surface area (Å²) in [5.74, 6) is -3.70. The van der Waals surface area contributed by atoms with E-state index in [1.54, 1.807) is 24.4 Å². The van der Waals surface area contributed by atoms with Gasteiger partial charge in [-0.25, -0.2) is 4.79 Å². The second-order valence-corrected chi connectivity index (χ2v) is 6.88. The summed E-state index contributed by atoms with van der Waals surface area (Å²) in [4.78, 5) is 29.3. The summed E-state index contributed by atoms with van der Waals surface area (Å²) in [5, 5.41) is 3.38. The van der Waals surface area contributed by atoms with Crippen molar-refractivity contribution in [3.05, 3.63) is 66.4 Å². The average Bonchev–Trinajstić information content (AvgIpc) is 2.68. The van der Waals surface area contributed by atoms with Gasteiger partial charge in [-0.3, -0.25) is 9.78 Å². The summed E-state index contributed by atoms with van der Waals surface area (Å²) in [6, 6.07) is 14.7. The molecule has 1 aromatic heterocycles. The van der Waals surface area contributed by atoms with Gasteiger partial charge in [-0.1, -0.05) is 30.0 Å². The lowest BCUT2D eigenvalue weighted by Crippen LogP contribution is -2.30. The molecular formula is C20H16F2N2O3S. The minimum absolute atomic E-state index is 0.270. The second-order valence-electron chi connectivity index (χ2n) is 5.82. The first-order chi connectivity index (χ1) is 13.4. The number of alkyl halides is 2. The highest BCUT2D eigenvalue weighted by molar-refractivity contribution is 7.99. The van der Waals surface area contributed by atoms with Crippen LogP contribution in [0, 0.1) is 0 Å². The molecule has 1 N–H and O–H groups in total. The van der Waals surface area contributed by atoms with Crippen LogP contribution in [0.15, 0.2) is 65.7 Å². The Morgan fingerprint density at radius 3 is 2.50 bits per heavy atom. The van der Waals surface area contributed by atoms with E-state index in [-0.39, 0.29) is 5.56 Å². The molecule has 144 valence electrons. The third-order valence-electron chi connectivity index (χ3n) is 3.85. The zero-order valence-electron chi connectivity index (χ0n) is 14.8. The molecule has 8 heteroatoms. The number of amides is 1. The number of nitrogens with zero attached hydrogens (tertiary/aromatic N) is 1. The molecule has 3 aromatic rings. The van der Waals surface area contributed by atoms with Crippen LogP contribution in [0.5, 0.6) is 0 Å². The number of nitrogens with one attached hydrogen (secondary N) is 1. The molecule has 0 aliphatic carbocycles. The van der Waals surface area contributed by atoms with Gasteiger partial charge in [0.1, 0.15) is 0 Å². The molecule has 1 amide bonds. The lowest BCUT2D eigenvalue weighted by Gasteiger charge is -2.14. The van der Waals surface area contributed by atoms with E-state index in [1.807, 2.05) is 12.1 Å². The maximum absolute atomic E-state index is 12.5. The first kappa shape index (κ1) is 19.8. The highest BCUT2D eigenvalue weighted by atomic mass is 32.2. The number of carbonyl (C=O) groups excluding carboxylic acids is 2. The number of fused-ring (bicyclic) bond motifs is 1. The molecule has 0 aliphatic rings. The van der Waals surface area contributed by atoms with Crippen LogP contribution in [0.25, 0.3) is 10.9 Å². The Morgan fingerprint density at radius 2 is 1.79 bits per heavy atom. The molecule has 28 heavy (non-hydrogen) atoms. The largest absolute Gasteiger partial charge is 0.449 e. The third kappa shape index (κ3) is 4.83. The van der Waals surface area contributed by atoms with Crippen LogP contribution in [-0.4, -0.2) is 28.7 Å². The Kier molecular flexibility index (Phi) is 6.20. The minimum atomic E-state index is -2.51. The fraction of sp³-hybridized carbons (Fsp3) is 0.150. The zero-order chi connectivity index (χ0) is 20.1. The van der Waals surface area contributed by atoms with Crippen molar-refractivity contribution < 1.29 is 23.1 Å². The van der Waals surface area contributed by atoms with Crippen LogP contribution >= 0.6 is 11.8 Å². The van der Waals surface area contributed by atoms with Gasteiger partial charge in [-0.15, -0.1) is 0 Å². The third-order valence-corrected chi connectivity index (χ3v) is 4.58. The quantitative estimate of drug-likeness (QED) is 0.477. The van der Waals surface area contributed by atoms with Crippen LogP contribution in [0.4, 0.5) is 14.5 Å². The Morgan fingerprint density at radius 1 is 1.07 bits per heavy atom. The number of hydrogen-bond donors (Lipinski definition) is 1. The number of aromatic nitrogens is 1.